The summed E-state index contributed by atoms with van der Waals surface area (Å²) in [6.07, 6.45) is 2.46. The molecule has 28 heavy (non-hydrogen) atoms. The molecular formula is C20H23IN2O4S. The van der Waals surface area contributed by atoms with Crippen LogP contribution in [0.15, 0.2) is 47.4 Å². The molecule has 0 bridgehead atoms. The number of hydrogen-bond donors (Lipinski definition) is 2. The Hall–Kier alpha value is -1.65. The van der Waals surface area contributed by atoms with Gasteiger partial charge in [0.15, 0.2) is 0 Å². The molecular weight excluding hydrogens is 491 g/mol. The summed E-state index contributed by atoms with van der Waals surface area (Å²) in [4.78, 5) is 11.0. The Morgan fingerprint density at radius 2 is 1.89 bits per heavy atom. The Balaban J connectivity index is 1.93. The van der Waals surface area contributed by atoms with Gasteiger partial charge in [-0.3, -0.25) is 9.10 Å². The molecule has 1 aliphatic rings. The first-order valence-electron chi connectivity index (χ1n) is 9.15. The highest BCUT2D eigenvalue weighted by atomic mass is 127. The van der Waals surface area contributed by atoms with E-state index < -0.39 is 16.0 Å². The van der Waals surface area contributed by atoms with E-state index in [1.165, 1.54) is 4.31 Å². The molecule has 0 saturated carbocycles. The third-order valence-corrected chi connectivity index (χ3v) is 7.43. The predicted octanol–water partition coefficient (Wildman–Crippen LogP) is 3.75. The molecule has 1 heterocycles. The summed E-state index contributed by atoms with van der Waals surface area (Å²) < 4.78 is 28.6. The van der Waals surface area contributed by atoms with E-state index in [2.05, 4.69) is 27.9 Å². The van der Waals surface area contributed by atoms with Gasteiger partial charge < -0.3 is 10.4 Å². The summed E-state index contributed by atoms with van der Waals surface area (Å²) in [7, 11) is -2.06. The Morgan fingerprint density at radius 1 is 1.14 bits per heavy atom. The van der Waals surface area contributed by atoms with Crippen molar-refractivity contribution < 1.29 is 18.3 Å². The first-order chi connectivity index (χ1) is 13.3. The van der Waals surface area contributed by atoms with Gasteiger partial charge in [0.2, 0.25) is 0 Å². The lowest BCUT2D eigenvalue weighted by Gasteiger charge is -2.22. The third-order valence-electron chi connectivity index (χ3n) is 4.93. The molecule has 6 nitrogen and oxygen atoms in total. The number of carboxylic acid groups (broad SMARTS) is 1. The number of aliphatic carboxylic acids is 1. The number of rotatable bonds is 7. The topological polar surface area (TPSA) is 86.7 Å². The number of nitrogens with one attached hydrogen (secondary N) is 1. The number of fused-ring (bicyclic) bond motifs is 2. The molecule has 0 amide bonds. The molecule has 2 N–H and O–H groups in total. The van der Waals surface area contributed by atoms with Crippen molar-refractivity contribution in [2.24, 2.45) is 0 Å². The van der Waals surface area contributed by atoms with Crippen LogP contribution in [0.4, 0.5) is 5.69 Å². The smallest absolute Gasteiger partial charge is 0.303 e. The van der Waals surface area contributed by atoms with Gasteiger partial charge in [0.05, 0.1) is 16.6 Å². The Kier molecular flexibility index (Phi) is 6.61. The molecule has 0 aromatic heterocycles. The van der Waals surface area contributed by atoms with Crippen molar-refractivity contribution in [3.05, 3.63) is 57.2 Å². The maximum absolute atomic E-state index is 13.2. The predicted molar refractivity (Wildman–Crippen MR) is 117 cm³/mol. The van der Waals surface area contributed by atoms with Crippen molar-refractivity contribution in [3.8, 4) is 0 Å². The van der Waals surface area contributed by atoms with Gasteiger partial charge in [-0.25, -0.2) is 8.42 Å². The summed E-state index contributed by atoms with van der Waals surface area (Å²) in [5.41, 5.74) is 2.32. The lowest BCUT2D eigenvalue weighted by molar-refractivity contribution is -0.137. The van der Waals surface area contributed by atoms with Gasteiger partial charge in [-0.1, -0.05) is 30.7 Å². The average molecular weight is 514 g/mol. The second kappa shape index (κ2) is 8.79. The van der Waals surface area contributed by atoms with Crippen LogP contribution in [-0.4, -0.2) is 33.1 Å². The van der Waals surface area contributed by atoms with Crippen LogP contribution in [-0.2, 0) is 14.8 Å². The molecule has 2 aromatic rings. The number of nitrogens with zero attached hydrogens (tertiary/aromatic N) is 1. The van der Waals surface area contributed by atoms with Crippen molar-refractivity contribution >= 4 is 44.3 Å². The number of hydrogen-bond acceptors (Lipinski definition) is 4. The van der Waals surface area contributed by atoms with E-state index in [1.807, 2.05) is 36.4 Å². The molecule has 3 rings (SSSR count). The zero-order valence-corrected chi connectivity index (χ0v) is 18.5. The van der Waals surface area contributed by atoms with Gasteiger partial charge in [0.25, 0.3) is 10.0 Å². The molecule has 0 saturated heterocycles. The second-order valence-corrected chi connectivity index (χ2v) is 9.99. The summed E-state index contributed by atoms with van der Waals surface area (Å²) in [5.74, 6) is -0.776. The van der Waals surface area contributed by atoms with E-state index in [9.17, 15) is 13.2 Å². The van der Waals surface area contributed by atoms with Crippen LogP contribution < -0.4 is 9.62 Å². The molecule has 1 aliphatic heterocycles. The minimum atomic E-state index is -3.65. The van der Waals surface area contributed by atoms with Crippen molar-refractivity contribution in [2.45, 2.75) is 36.6 Å². The summed E-state index contributed by atoms with van der Waals surface area (Å²) in [5, 5.41) is 12.2. The highest BCUT2D eigenvalue weighted by molar-refractivity contribution is 14.1. The number of sulfonamides is 1. The maximum atomic E-state index is 13.2. The van der Waals surface area contributed by atoms with E-state index in [0.717, 1.165) is 27.5 Å². The molecule has 1 unspecified atom stereocenters. The van der Waals surface area contributed by atoms with Crippen molar-refractivity contribution in [1.82, 2.24) is 5.32 Å². The van der Waals surface area contributed by atoms with Crippen molar-refractivity contribution in [1.29, 1.82) is 0 Å². The summed E-state index contributed by atoms with van der Waals surface area (Å²) >= 11 is 2.13. The van der Waals surface area contributed by atoms with Crippen LogP contribution in [0.3, 0.4) is 0 Å². The number of carboxylic acids is 1. The van der Waals surface area contributed by atoms with Crippen molar-refractivity contribution in [2.75, 3.05) is 17.9 Å². The van der Waals surface area contributed by atoms with Crippen molar-refractivity contribution in [3.63, 3.8) is 0 Å². The standard InChI is InChI=1S/C20H23IN2O4S/c1-23-17-8-5-4-7-15(17)20(22-12-6-2-3-9-19(24)25)16-11-10-14(21)13-18(16)28(23,26)27/h4-5,7-8,10-11,13,20,22H,2-3,6,9,12H2,1H3,(H,24,25). The molecule has 0 fully saturated rings. The molecule has 150 valence electrons. The number of carbonyl (C=O) groups is 1. The summed E-state index contributed by atoms with van der Waals surface area (Å²) in [6.45, 7) is 0.674. The van der Waals surface area contributed by atoms with E-state index in [0.29, 0.717) is 23.5 Å². The first kappa shape index (κ1) is 21.1. The van der Waals surface area contributed by atoms with Crippen LogP contribution >= 0.6 is 22.6 Å². The SMILES string of the molecule is CN1c2ccccc2C(NCCCCCC(=O)O)c2ccc(I)cc2S1(=O)=O. The lowest BCUT2D eigenvalue weighted by atomic mass is 9.96. The zero-order valence-electron chi connectivity index (χ0n) is 15.6. The van der Waals surface area contributed by atoms with Gasteiger partial charge in [-0.15, -0.1) is 0 Å². The molecule has 8 heteroatoms. The fourth-order valence-electron chi connectivity index (χ4n) is 3.48. The number of halogens is 1. The zero-order chi connectivity index (χ0) is 20.3. The maximum Gasteiger partial charge on any atom is 0.303 e. The van der Waals surface area contributed by atoms with Gasteiger partial charge in [0, 0.05) is 17.0 Å². The largest absolute Gasteiger partial charge is 0.481 e. The number of unbranched alkanes of at least 4 members (excludes halogenated alkanes) is 2. The van der Waals surface area contributed by atoms with Crippen LogP contribution in [0.5, 0.6) is 0 Å². The van der Waals surface area contributed by atoms with E-state index >= 15 is 0 Å². The highest BCUT2D eigenvalue weighted by Gasteiger charge is 2.34. The van der Waals surface area contributed by atoms with E-state index in [-0.39, 0.29) is 12.5 Å². The van der Waals surface area contributed by atoms with Gasteiger partial charge in [-0.05, 0) is 71.3 Å². The molecule has 0 radical (unpaired) electrons. The normalized spacial score (nSPS) is 17.5. The highest BCUT2D eigenvalue weighted by Crippen LogP contribution is 2.40. The monoisotopic (exact) mass is 514 g/mol. The van der Waals surface area contributed by atoms with Gasteiger partial charge in [0.1, 0.15) is 0 Å². The minimum absolute atomic E-state index is 0.177. The average Bonchev–Trinajstić information content (AvgIpc) is 2.72. The Labute approximate surface area is 179 Å². The fraction of sp³-hybridized carbons (Fsp3) is 0.350. The Morgan fingerprint density at radius 3 is 2.64 bits per heavy atom. The van der Waals surface area contributed by atoms with Gasteiger partial charge in [-0.2, -0.15) is 0 Å². The summed E-state index contributed by atoms with van der Waals surface area (Å²) in [6, 6.07) is 12.8. The molecule has 1 atom stereocenters. The fourth-order valence-corrected chi connectivity index (χ4v) is 5.66. The minimum Gasteiger partial charge on any atom is -0.481 e. The van der Waals surface area contributed by atoms with Crippen LogP contribution in [0.2, 0.25) is 0 Å². The second-order valence-electron chi connectivity index (χ2n) is 6.81. The molecule has 0 spiro atoms. The third kappa shape index (κ3) is 4.33. The first-order valence-corrected chi connectivity index (χ1v) is 11.7. The number of benzene rings is 2. The number of para-hydroxylation sites is 1. The molecule has 2 aromatic carbocycles. The van der Waals surface area contributed by atoms with Gasteiger partial charge >= 0.3 is 5.97 Å². The van der Waals surface area contributed by atoms with Crippen LogP contribution in [0, 0.1) is 3.57 Å². The molecule has 0 aliphatic carbocycles. The lowest BCUT2D eigenvalue weighted by Crippen LogP contribution is -2.26. The van der Waals surface area contributed by atoms with Crippen LogP contribution in [0.25, 0.3) is 0 Å². The Bertz CT molecular complexity index is 978. The van der Waals surface area contributed by atoms with Crippen LogP contribution in [0.1, 0.15) is 42.9 Å². The van der Waals surface area contributed by atoms with E-state index in [4.69, 9.17) is 5.11 Å². The number of anilines is 1. The van der Waals surface area contributed by atoms with E-state index in [1.54, 1.807) is 13.1 Å². The quantitative estimate of drug-likeness (QED) is 0.434.